The van der Waals surface area contributed by atoms with E-state index in [2.05, 4.69) is 0 Å². The second-order valence-electron chi connectivity index (χ2n) is 7.80. The lowest BCUT2D eigenvalue weighted by Gasteiger charge is -2.19. The van der Waals surface area contributed by atoms with Crippen molar-refractivity contribution in [2.45, 2.75) is 0 Å². The van der Waals surface area contributed by atoms with Crippen molar-refractivity contribution < 1.29 is 20.0 Å². The lowest BCUT2D eigenvalue weighted by atomic mass is 10.0. The first-order valence-electron chi connectivity index (χ1n) is 10.7. The summed E-state index contributed by atoms with van der Waals surface area (Å²) in [6, 6.07) is 31.3. The summed E-state index contributed by atoms with van der Waals surface area (Å²) in [7, 11) is 0. The van der Waals surface area contributed by atoms with Gasteiger partial charge in [-0.2, -0.15) is 10.1 Å². The Hall–Kier alpha value is -4.52. The quantitative estimate of drug-likeness (QED) is 0.258. The molecular formula is C28H20N2O4. The van der Waals surface area contributed by atoms with Crippen LogP contribution in [0.3, 0.4) is 0 Å². The molecule has 34 heavy (non-hydrogen) atoms. The van der Waals surface area contributed by atoms with Gasteiger partial charge in [0.2, 0.25) is 0 Å². The van der Waals surface area contributed by atoms with Gasteiger partial charge in [0, 0.05) is 11.1 Å². The van der Waals surface area contributed by atoms with Gasteiger partial charge in [0.05, 0.1) is 11.4 Å². The normalized spacial score (nSPS) is 10.9. The standard InChI is InChI=1S/C28H20N2O4/c31-27(25-13-5-9-19-7-1-3-11-23(19)25)29(33)21-15-17-22(18-16-21)30(34)28(32)26-14-6-10-20-8-2-4-12-24(20)26/h1-18,33-34H. The minimum absolute atomic E-state index is 0.202. The first kappa shape index (κ1) is 21.3. The van der Waals surface area contributed by atoms with E-state index >= 15 is 0 Å². The Bertz CT molecular complexity index is 1400. The van der Waals surface area contributed by atoms with E-state index in [-0.39, 0.29) is 11.4 Å². The summed E-state index contributed by atoms with van der Waals surface area (Å²) in [5.74, 6) is -1.17. The van der Waals surface area contributed by atoms with Crippen LogP contribution in [-0.2, 0) is 0 Å². The molecule has 2 N–H and O–H groups in total. The average molecular weight is 448 g/mol. The summed E-state index contributed by atoms with van der Waals surface area (Å²) in [5, 5.41) is 25.5. The van der Waals surface area contributed by atoms with Crippen molar-refractivity contribution in [3.8, 4) is 0 Å². The molecule has 166 valence electrons. The van der Waals surface area contributed by atoms with E-state index in [0.29, 0.717) is 21.3 Å². The summed E-state index contributed by atoms with van der Waals surface area (Å²) >= 11 is 0. The van der Waals surface area contributed by atoms with Crippen LogP contribution < -0.4 is 10.1 Å². The number of rotatable bonds is 4. The molecular weight excluding hydrogens is 428 g/mol. The third-order valence-corrected chi connectivity index (χ3v) is 5.76. The van der Waals surface area contributed by atoms with Crippen molar-refractivity contribution >= 4 is 44.7 Å². The highest BCUT2D eigenvalue weighted by Crippen LogP contribution is 2.26. The van der Waals surface area contributed by atoms with Gasteiger partial charge in [0.25, 0.3) is 11.8 Å². The fourth-order valence-electron chi connectivity index (χ4n) is 4.02. The van der Waals surface area contributed by atoms with E-state index in [0.717, 1.165) is 21.5 Å². The summed E-state index contributed by atoms with van der Waals surface area (Å²) in [5.41, 5.74) is 1.12. The largest absolute Gasteiger partial charge is 0.282 e. The van der Waals surface area contributed by atoms with Crippen molar-refractivity contribution in [3.05, 3.63) is 120 Å². The lowest BCUT2D eigenvalue weighted by Crippen LogP contribution is -2.28. The number of nitrogens with zero attached hydrogens (tertiary/aromatic N) is 2. The number of carbonyl (C=O) groups excluding carboxylic acids is 2. The van der Waals surface area contributed by atoms with Gasteiger partial charge in [-0.3, -0.25) is 20.0 Å². The van der Waals surface area contributed by atoms with Crippen LogP contribution in [0.15, 0.2) is 109 Å². The van der Waals surface area contributed by atoms with E-state index in [9.17, 15) is 20.0 Å². The molecule has 6 nitrogen and oxygen atoms in total. The van der Waals surface area contributed by atoms with Crippen molar-refractivity contribution in [1.82, 2.24) is 0 Å². The zero-order chi connectivity index (χ0) is 23.7. The fraction of sp³-hybridized carbons (Fsp3) is 0. The molecule has 0 aliphatic rings. The topological polar surface area (TPSA) is 81.1 Å². The minimum Gasteiger partial charge on any atom is -0.281 e. The van der Waals surface area contributed by atoms with Crippen LogP contribution in [0.5, 0.6) is 0 Å². The second-order valence-corrected chi connectivity index (χ2v) is 7.80. The van der Waals surface area contributed by atoms with E-state index in [4.69, 9.17) is 0 Å². The molecule has 0 heterocycles. The summed E-state index contributed by atoms with van der Waals surface area (Å²) < 4.78 is 0. The number of anilines is 2. The number of hydroxylamine groups is 2. The van der Waals surface area contributed by atoms with Crippen LogP contribution in [-0.4, -0.2) is 22.2 Å². The maximum Gasteiger partial charge on any atom is 0.282 e. The second kappa shape index (κ2) is 8.78. The monoisotopic (exact) mass is 448 g/mol. The van der Waals surface area contributed by atoms with E-state index < -0.39 is 11.8 Å². The van der Waals surface area contributed by atoms with Crippen LogP contribution in [0.2, 0.25) is 0 Å². The molecule has 0 aliphatic heterocycles. The predicted molar refractivity (Wildman–Crippen MR) is 132 cm³/mol. The molecule has 0 saturated heterocycles. The van der Waals surface area contributed by atoms with Crippen LogP contribution in [0.4, 0.5) is 11.4 Å². The molecule has 0 bridgehead atoms. The highest BCUT2D eigenvalue weighted by atomic mass is 16.5. The number of hydrogen-bond donors (Lipinski definition) is 2. The Morgan fingerprint density at radius 2 is 0.824 bits per heavy atom. The van der Waals surface area contributed by atoms with E-state index in [1.54, 1.807) is 24.3 Å². The number of benzene rings is 5. The van der Waals surface area contributed by atoms with E-state index in [1.807, 2.05) is 60.7 Å². The van der Waals surface area contributed by atoms with Crippen LogP contribution in [0.25, 0.3) is 21.5 Å². The zero-order valence-corrected chi connectivity index (χ0v) is 18.0. The molecule has 0 unspecified atom stereocenters. The smallest absolute Gasteiger partial charge is 0.281 e. The molecule has 0 aromatic heterocycles. The molecule has 2 amide bonds. The highest BCUT2D eigenvalue weighted by Gasteiger charge is 2.21. The van der Waals surface area contributed by atoms with Crippen molar-refractivity contribution in [2.24, 2.45) is 0 Å². The molecule has 5 rings (SSSR count). The minimum atomic E-state index is -0.586. The van der Waals surface area contributed by atoms with Gasteiger partial charge in [-0.05, 0) is 57.9 Å². The highest BCUT2D eigenvalue weighted by molar-refractivity contribution is 6.14. The van der Waals surface area contributed by atoms with Gasteiger partial charge in [-0.15, -0.1) is 0 Å². The van der Waals surface area contributed by atoms with Crippen LogP contribution >= 0.6 is 0 Å². The number of amides is 2. The van der Waals surface area contributed by atoms with Gasteiger partial charge in [-0.1, -0.05) is 72.8 Å². The third-order valence-electron chi connectivity index (χ3n) is 5.76. The van der Waals surface area contributed by atoms with Gasteiger partial charge in [0.1, 0.15) is 0 Å². The van der Waals surface area contributed by atoms with Gasteiger partial charge >= 0.3 is 0 Å². The summed E-state index contributed by atoms with van der Waals surface area (Å²) in [4.78, 5) is 25.9. The van der Waals surface area contributed by atoms with E-state index in [1.165, 1.54) is 24.3 Å². The molecule has 5 aromatic rings. The van der Waals surface area contributed by atoms with Crippen molar-refractivity contribution in [2.75, 3.05) is 10.1 Å². The van der Waals surface area contributed by atoms with Crippen molar-refractivity contribution in [3.63, 3.8) is 0 Å². The first-order chi connectivity index (χ1) is 16.5. The van der Waals surface area contributed by atoms with Gasteiger partial charge in [0.15, 0.2) is 0 Å². The van der Waals surface area contributed by atoms with Gasteiger partial charge < -0.3 is 0 Å². The Balaban J connectivity index is 1.39. The SMILES string of the molecule is O=C(c1cccc2ccccc12)N(O)c1ccc(N(O)C(=O)c2cccc3ccccc23)cc1. The number of carbonyl (C=O) groups is 2. The average Bonchev–Trinajstić information content (AvgIpc) is 2.91. The number of hydrogen-bond acceptors (Lipinski definition) is 4. The molecule has 5 aromatic carbocycles. The van der Waals surface area contributed by atoms with Crippen LogP contribution in [0.1, 0.15) is 20.7 Å². The molecule has 0 atom stereocenters. The first-order valence-corrected chi connectivity index (χ1v) is 10.7. The Morgan fingerprint density at radius 3 is 1.24 bits per heavy atom. The van der Waals surface area contributed by atoms with Crippen molar-refractivity contribution in [1.29, 1.82) is 0 Å². The van der Waals surface area contributed by atoms with Gasteiger partial charge in [-0.25, -0.2) is 0 Å². The lowest BCUT2D eigenvalue weighted by molar-refractivity contribution is 0.0849. The molecule has 0 radical (unpaired) electrons. The molecule has 6 heteroatoms. The Labute approximate surface area is 195 Å². The maximum absolute atomic E-state index is 13.0. The maximum atomic E-state index is 13.0. The predicted octanol–water partition coefficient (Wildman–Crippen LogP) is 6.07. The molecule has 0 aliphatic carbocycles. The summed E-state index contributed by atoms with van der Waals surface area (Å²) in [6.07, 6.45) is 0. The Kier molecular flexibility index (Phi) is 5.51. The number of fused-ring (bicyclic) bond motifs is 2. The fourth-order valence-corrected chi connectivity index (χ4v) is 4.02. The van der Waals surface area contributed by atoms with Crippen LogP contribution in [0, 0.1) is 0 Å². The summed E-state index contributed by atoms with van der Waals surface area (Å²) in [6.45, 7) is 0. The Morgan fingerprint density at radius 1 is 0.471 bits per heavy atom. The molecule has 0 spiro atoms. The molecule has 0 saturated carbocycles. The third kappa shape index (κ3) is 3.77. The molecule has 0 fully saturated rings. The zero-order valence-electron chi connectivity index (χ0n) is 18.0.